The highest BCUT2D eigenvalue weighted by atomic mass is 16.5. The maximum absolute atomic E-state index is 12.3. The zero-order chi connectivity index (χ0) is 22.2. The Morgan fingerprint density at radius 1 is 1.03 bits per heavy atom. The van der Waals surface area contributed by atoms with Crippen molar-refractivity contribution in [3.8, 4) is 16.9 Å². The van der Waals surface area contributed by atoms with Gasteiger partial charge in [-0.1, -0.05) is 56.3 Å². The number of benzene rings is 3. The Kier molecular flexibility index (Phi) is 5.22. The molecule has 0 N–H and O–H groups in total. The molecule has 1 aromatic heterocycles. The van der Waals surface area contributed by atoms with Crippen molar-refractivity contribution in [2.24, 2.45) is 0 Å². The smallest absolute Gasteiger partial charge is 0.336 e. The Morgan fingerprint density at radius 2 is 1.78 bits per heavy atom. The van der Waals surface area contributed by atoms with Crippen LogP contribution in [0.3, 0.4) is 0 Å². The number of aryl methyl sites for hydroxylation is 1. The number of rotatable bonds is 4. The van der Waals surface area contributed by atoms with Gasteiger partial charge in [-0.3, -0.25) is 0 Å². The van der Waals surface area contributed by atoms with Gasteiger partial charge >= 0.3 is 5.63 Å². The van der Waals surface area contributed by atoms with Gasteiger partial charge in [0.05, 0.1) is 0 Å². The maximum atomic E-state index is 12.3. The number of ether oxygens (including phenoxy) is 1. The van der Waals surface area contributed by atoms with E-state index in [1.165, 1.54) is 5.56 Å². The van der Waals surface area contributed by atoms with Crippen LogP contribution in [0.25, 0.3) is 22.1 Å². The number of hydrogen-bond acceptors (Lipinski definition) is 4. The fraction of sp³-hybridized carbons (Fsp3) is 0.250. The summed E-state index contributed by atoms with van der Waals surface area (Å²) in [6.45, 7) is 7.64. The number of hydrogen-bond donors (Lipinski definition) is 0. The quantitative estimate of drug-likeness (QED) is 0.344. The highest BCUT2D eigenvalue weighted by Gasteiger charge is 2.23. The zero-order valence-corrected chi connectivity index (χ0v) is 18.7. The zero-order valence-electron chi connectivity index (χ0n) is 18.7. The summed E-state index contributed by atoms with van der Waals surface area (Å²) in [5.41, 5.74) is 6.61. The molecule has 4 nitrogen and oxygen atoms in total. The molecule has 1 aliphatic heterocycles. The lowest BCUT2D eigenvalue weighted by Gasteiger charge is -2.32. The summed E-state index contributed by atoms with van der Waals surface area (Å²) in [7, 11) is 0. The highest BCUT2D eigenvalue weighted by Crippen LogP contribution is 2.39. The van der Waals surface area contributed by atoms with Gasteiger partial charge in [-0.25, -0.2) is 4.79 Å². The summed E-state index contributed by atoms with van der Waals surface area (Å²) in [5.74, 6) is 1.38. The Morgan fingerprint density at radius 3 is 2.50 bits per heavy atom. The third-order valence-corrected chi connectivity index (χ3v) is 6.54. The van der Waals surface area contributed by atoms with Crippen molar-refractivity contribution in [1.82, 2.24) is 0 Å². The van der Waals surface area contributed by atoms with E-state index in [-0.39, 0.29) is 5.63 Å². The van der Waals surface area contributed by atoms with E-state index >= 15 is 0 Å². The van der Waals surface area contributed by atoms with Crippen molar-refractivity contribution in [2.75, 3.05) is 11.6 Å². The molecule has 1 aliphatic rings. The van der Waals surface area contributed by atoms with E-state index in [2.05, 4.69) is 49.1 Å². The Bertz CT molecular complexity index is 1320. The normalized spacial score (nSPS) is 14.2. The number of nitrogens with zero attached hydrogens (tertiary/aromatic N) is 1. The van der Waals surface area contributed by atoms with E-state index in [4.69, 9.17) is 9.15 Å². The topological polar surface area (TPSA) is 42.7 Å². The van der Waals surface area contributed by atoms with E-state index in [1.807, 2.05) is 37.3 Å². The Balaban J connectivity index is 1.57. The molecule has 162 valence electrons. The predicted octanol–water partition coefficient (Wildman–Crippen LogP) is 6.64. The van der Waals surface area contributed by atoms with Gasteiger partial charge in [-0.15, -0.1) is 0 Å². The second kappa shape index (κ2) is 8.19. The van der Waals surface area contributed by atoms with Crippen LogP contribution in [-0.2, 0) is 6.54 Å². The summed E-state index contributed by atoms with van der Waals surface area (Å²) < 4.78 is 11.8. The minimum Gasteiger partial charge on any atom is -0.472 e. The average molecular weight is 426 g/mol. The van der Waals surface area contributed by atoms with Crippen molar-refractivity contribution in [3.05, 3.63) is 93.8 Å². The van der Waals surface area contributed by atoms with Gasteiger partial charge in [0.25, 0.3) is 0 Å². The summed E-state index contributed by atoms with van der Waals surface area (Å²) in [4.78, 5) is 14.5. The summed E-state index contributed by atoms with van der Waals surface area (Å²) in [5, 5.41) is 0.935. The van der Waals surface area contributed by atoms with Crippen LogP contribution in [0.1, 0.15) is 42.9 Å². The monoisotopic (exact) mass is 425 g/mol. The molecular weight excluding hydrogens is 398 g/mol. The van der Waals surface area contributed by atoms with Gasteiger partial charge in [-0.2, -0.15) is 0 Å². The van der Waals surface area contributed by atoms with Crippen LogP contribution >= 0.6 is 0 Å². The van der Waals surface area contributed by atoms with Crippen LogP contribution in [0.15, 0.2) is 75.9 Å². The second-order valence-corrected chi connectivity index (χ2v) is 8.58. The number of fused-ring (bicyclic) bond motifs is 2. The van der Waals surface area contributed by atoms with Crippen molar-refractivity contribution >= 4 is 16.7 Å². The SMILES string of the molecule is CC[C@@H](C)c1ccc(N2COc3c(cc4c(-c5ccccc5)cc(=O)oc4c3C)C2)cc1. The second-order valence-electron chi connectivity index (χ2n) is 8.58. The van der Waals surface area contributed by atoms with E-state index in [1.54, 1.807) is 6.07 Å². The van der Waals surface area contributed by atoms with Crippen molar-refractivity contribution in [3.63, 3.8) is 0 Å². The lowest BCUT2D eigenvalue weighted by Crippen LogP contribution is -2.32. The Labute approximate surface area is 188 Å². The lowest BCUT2D eigenvalue weighted by molar-refractivity contribution is 0.287. The molecule has 4 heteroatoms. The largest absolute Gasteiger partial charge is 0.472 e. The molecule has 0 aliphatic carbocycles. The predicted molar refractivity (Wildman–Crippen MR) is 129 cm³/mol. The third kappa shape index (κ3) is 3.56. The average Bonchev–Trinajstić information content (AvgIpc) is 2.84. The van der Waals surface area contributed by atoms with Crippen LogP contribution in [0, 0.1) is 6.92 Å². The summed E-state index contributed by atoms with van der Waals surface area (Å²) in [6.07, 6.45) is 1.13. The van der Waals surface area contributed by atoms with Gasteiger partial charge in [0, 0.05) is 34.8 Å². The van der Waals surface area contributed by atoms with E-state index in [0.717, 1.165) is 52.0 Å². The fourth-order valence-corrected chi connectivity index (χ4v) is 4.49. The van der Waals surface area contributed by atoms with E-state index < -0.39 is 0 Å². The van der Waals surface area contributed by atoms with Gasteiger partial charge in [-0.05, 0) is 54.2 Å². The molecule has 4 aromatic rings. The molecule has 0 bridgehead atoms. The molecule has 0 saturated heterocycles. The standard InChI is InChI=1S/C28H27NO3/c1-4-18(2)20-10-12-23(13-11-20)29-16-22-14-25-24(21-8-6-5-7-9-21)15-26(30)32-28(25)19(3)27(22)31-17-29/h5-15,18H,4,16-17H2,1-3H3/t18-/m1/s1. The maximum Gasteiger partial charge on any atom is 0.336 e. The molecule has 0 unspecified atom stereocenters. The van der Waals surface area contributed by atoms with Crippen LogP contribution in [-0.4, -0.2) is 6.73 Å². The van der Waals surface area contributed by atoms with Crippen molar-refractivity contribution in [1.29, 1.82) is 0 Å². The van der Waals surface area contributed by atoms with Gasteiger partial charge in [0.15, 0.2) is 6.73 Å². The molecule has 5 rings (SSSR count). The molecule has 0 spiro atoms. The molecule has 32 heavy (non-hydrogen) atoms. The summed E-state index contributed by atoms with van der Waals surface area (Å²) >= 11 is 0. The molecule has 1 atom stereocenters. The first-order chi connectivity index (χ1) is 15.5. The summed E-state index contributed by atoms with van der Waals surface area (Å²) in [6, 6.07) is 22.5. The molecule has 0 fully saturated rings. The van der Waals surface area contributed by atoms with Crippen molar-refractivity contribution in [2.45, 2.75) is 39.7 Å². The fourth-order valence-electron chi connectivity index (χ4n) is 4.49. The first-order valence-electron chi connectivity index (χ1n) is 11.2. The van der Waals surface area contributed by atoms with Crippen molar-refractivity contribution < 1.29 is 9.15 Å². The Hall–Kier alpha value is -3.53. The first kappa shape index (κ1) is 20.4. The van der Waals surface area contributed by atoms with Gasteiger partial charge in [0.1, 0.15) is 11.3 Å². The minimum absolute atomic E-state index is 0.349. The van der Waals surface area contributed by atoms with Gasteiger partial charge in [0.2, 0.25) is 0 Å². The molecule has 0 radical (unpaired) electrons. The first-order valence-corrected chi connectivity index (χ1v) is 11.2. The molecular formula is C28H27NO3. The highest BCUT2D eigenvalue weighted by molar-refractivity contribution is 5.96. The van der Waals surface area contributed by atoms with Crippen LogP contribution in [0.2, 0.25) is 0 Å². The van der Waals surface area contributed by atoms with E-state index in [9.17, 15) is 4.79 Å². The lowest BCUT2D eigenvalue weighted by atomic mass is 9.96. The molecule has 2 heterocycles. The van der Waals surface area contributed by atoms with Crippen LogP contribution < -0.4 is 15.3 Å². The van der Waals surface area contributed by atoms with Gasteiger partial charge < -0.3 is 14.1 Å². The molecule has 0 saturated carbocycles. The van der Waals surface area contributed by atoms with E-state index in [0.29, 0.717) is 18.2 Å². The van der Waals surface area contributed by atoms with Crippen LogP contribution in [0.5, 0.6) is 5.75 Å². The minimum atomic E-state index is -0.349. The third-order valence-electron chi connectivity index (χ3n) is 6.54. The molecule has 3 aromatic carbocycles. The molecule has 0 amide bonds. The van der Waals surface area contributed by atoms with Crippen LogP contribution in [0.4, 0.5) is 5.69 Å². The number of anilines is 1.